The summed E-state index contributed by atoms with van der Waals surface area (Å²) in [4.78, 5) is 0. The molecule has 0 heterocycles. The molecule has 0 aromatic heterocycles. The molecule has 4 rings (SSSR count). The molecule has 0 unspecified atom stereocenters. The monoisotopic (exact) mass is 409 g/mol. The van der Waals surface area contributed by atoms with Crippen molar-refractivity contribution < 1.29 is 13.2 Å². The topological polar surface area (TPSA) is 55.4 Å². The Balaban J connectivity index is 1.63. The first kappa shape index (κ1) is 19.9. The molecule has 0 amide bonds. The Hall–Kier alpha value is -2.37. The van der Waals surface area contributed by atoms with E-state index in [-0.39, 0.29) is 11.5 Å². The third-order valence-electron chi connectivity index (χ3n) is 5.57. The lowest BCUT2D eigenvalue weighted by Crippen LogP contribution is -2.45. The molecule has 5 heteroatoms. The standard InChI is InChI=1S/C24H27NO3S/c1-24(2)16-14-20(15-17-24)29(26,27)25-23-21-11-7-6-8-18(21)12-13-22(23)28-19-9-4-3-5-10-19/h3-11,14-17,20,22-23,25H,12-13H2,1-2H3/t22-,23+/m0/s1. The van der Waals surface area contributed by atoms with Crippen molar-refractivity contribution in [2.75, 3.05) is 0 Å². The summed E-state index contributed by atoms with van der Waals surface area (Å²) in [5.74, 6) is 0.750. The third kappa shape index (κ3) is 4.46. The zero-order chi connectivity index (χ0) is 20.5. The van der Waals surface area contributed by atoms with Crippen LogP contribution in [0.25, 0.3) is 0 Å². The minimum absolute atomic E-state index is 0.123. The highest BCUT2D eigenvalue weighted by Gasteiger charge is 2.36. The maximum Gasteiger partial charge on any atom is 0.222 e. The number of aryl methyl sites for hydroxylation is 1. The zero-order valence-electron chi connectivity index (χ0n) is 16.8. The van der Waals surface area contributed by atoms with E-state index in [4.69, 9.17) is 4.74 Å². The first-order valence-corrected chi connectivity index (χ1v) is 11.6. The van der Waals surface area contributed by atoms with Crippen LogP contribution >= 0.6 is 0 Å². The fourth-order valence-electron chi connectivity index (χ4n) is 3.94. The molecule has 1 N–H and O–H groups in total. The molecule has 0 aliphatic heterocycles. The van der Waals surface area contributed by atoms with Crippen LogP contribution in [0.4, 0.5) is 0 Å². The van der Waals surface area contributed by atoms with Gasteiger partial charge in [0.05, 0.1) is 6.04 Å². The van der Waals surface area contributed by atoms with Gasteiger partial charge in [0, 0.05) is 5.41 Å². The Morgan fingerprint density at radius 2 is 1.62 bits per heavy atom. The van der Waals surface area contributed by atoms with E-state index in [1.54, 1.807) is 12.2 Å². The fourth-order valence-corrected chi connectivity index (χ4v) is 5.30. The van der Waals surface area contributed by atoms with Gasteiger partial charge in [0.1, 0.15) is 17.1 Å². The van der Waals surface area contributed by atoms with Gasteiger partial charge < -0.3 is 4.74 Å². The summed E-state index contributed by atoms with van der Waals surface area (Å²) in [6.07, 6.45) is 8.78. The molecule has 4 nitrogen and oxygen atoms in total. The fraction of sp³-hybridized carbons (Fsp3) is 0.333. The molecule has 2 aromatic rings. The van der Waals surface area contributed by atoms with Gasteiger partial charge in [0.2, 0.25) is 10.0 Å². The predicted octanol–water partition coefficient (Wildman–Crippen LogP) is 4.56. The van der Waals surface area contributed by atoms with Crippen LogP contribution in [-0.2, 0) is 16.4 Å². The lowest BCUT2D eigenvalue weighted by Gasteiger charge is -2.35. The molecule has 0 saturated carbocycles. The largest absolute Gasteiger partial charge is 0.488 e. The van der Waals surface area contributed by atoms with Gasteiger partial charge in [-0.1, -0.05) is 80.6 Å². The zero-order valence-corrected chi connectivity index (χ0v) is 17.6. The van der Waals surface area contributed by atoms with Crippen molar-refractivity contribution in [2.45, 2.75) is 44.1 Å². The van der Waals surface area contributed by atoms with Gasteiger partial charge in [-0.25, -0.2) is 13.1 Å². The third-order valence-corrected chi connectivity index (χ3v) is 7.18. The van der Waals surface area contributed by atoms with Crippen LogP contribution in [0.3, 0.4) is 0 Å². The van der Waals surface area contributed by atoms with Crippen LogP contribution in [-0.4, -0.2) is 19.8 Å². The molecule has 152 valence electrons. The number of hydrogen-bond acceptors (Lipinski definition) is 3. The number of benzene rings is 2. The summed E-state index contributed by atoms with van der Waals surface area (Å²) in [5, 5.41) is -0.679. The smallest absolute Gasteiger partial charge is 0.222 e. The van der Waals surface area contributed by atoms with E-state index in [0.29, 0.717) is 0 Å². The van der Waals surface area contributed by atoms with Gasteiger partial charge in [0.25, 0.3) is 0 Å². The average Bonchev–Trinajstić information content (AvgIpc) is 2.70. The summed E-state index contributed by atoms with van der Waals surface area (Å²) in [6.45, 7) is 4.11. The van der Waals surface area contributed by atoms with Crippen LogP contribution in [0.15, 0.2) is 78.9 Å². The summed E-state index contributed by atoms with van der Waals surface area (Å²) >= 11 is 0. The number of nitrogens with one attached hydrogen (secondary N) is 1. The number of hydrogen-bond donors (Lipinski definition) is 1. The molecule has 0 bridgehead atoms. The van der Waals surface area contributed by atoms with Crippen LogP contribution in [0.1, 0.15) is 37.4 Å². The maximum absolute atomic E-state index is 13.2. The number of rotatable bonds is 5. The highest BCUT2D eigenvalue weighted by molar-refractivity contribution is 7.90. The molecular weight excluding hydrogens is 382 g/mol. The Bertz CT molecular complexity index is 1010. The Morgan fingerprint density at radius 3 is 2.34 bits per heavy atom. The lowest BCUT2D eigenvalue weighted by atomic mass is 9.86. The summed E-state index contributed by atoms with van der Waals surface area (Å²) in [6, 6.07) is 17.2. The van der Waals surface area contributed by atoms with Crippen molar-refractivity contribution in [2.24, 2.45) is 5.41 Å². The van der Waals surface area contributed by atoms with Gasteiger partial charge in [-0.15, -0.1) is 0 Å². The minimum atomic E-state index is -3.60. The van der Waals surface area contributed by atoms with Crippen molar-refractivity contribution in [3.63, 3.8) is 0 Å². The highest BCUT2D eigenvalue weighted by atomic mass is 32.2. The Morgan fingerprint density at radius 1 is 0.966 bits per heavy atom. The minimum Gasteiger partial charge on any atom is -0.488 e. The van der Waals surface area contributed by atoms with Gasteiger partial charge >= 0.3 is 0 Å². The van der Waals surface area contributed by atoms with Crippen LogP contribution in [0.5, 0.6) is 5.75 Å². The van der Waals surface area contributed by atoms with Crippen LogP contribution < -0.4 is 9.46 Å². The summed E-state index contributed by atoms with van der Waals surface area (Å²) in [5.41, 5.74) is 2.04. The molecule has 0 saturated heterocycles. The molecule has 2 aromatic carbocycles. The molecule has 0 fully saturated rings. The van der Waals surface area contributed by atoms with E-state index in [0.717, 1.165) is 24.2 Å². The number of allylic oxidation sites excluding steroid dienone is 2. The molecule has 0 radical (unpaired) electrons. The molecule has 2 atom stereocenters. The molecule has 29 heavy (non-hydrogen) atoms. The van der Waals surface area contributed by atoms with Gasteiger partial charge in [-0.05, 0) is 36.1 Å². The normalized spacial score (nSPS) is 23.5. The molecule has 2 aliphatic carbocycles. The average molecular weight is 410 g/mol. The van der Waals surface area contributed by atoms with E-state index in [1.165, 1.54) is 5.56 Å². The quantitative estimate of drug-likeness (QED) is 0.737. The van der Waals surface area contributed by atoms with Crippen molar-refractivity contribution >= 4 is 10.0 Å². The van der Waals surface area contributed by atoms with E-state index in [2.05, 4.69) is 24.6 Å². The predicted molar refractivity (Wildman–Crippen MR) is 116 cm³/mol. The van der Waals surface area contributed by atoms with Crippen molar-refractivity contribution in [3.05, 3.63) is 90.0 Å². The maximum atomic E-state index is 13.2. The number of para-hydroxylation sites is 1. The van der Waals surface area contributed by atoms with E-state index in [1.807, 2.05) is 60.7 Å². The number of ether oxygens (including phenoxy) is 1. The summed E-state index contributed by atoms with van der Waals surface area (Å²) in [7, 11) is -3.60. The highest BCUT2D eigenvalue weighted by Crippen LogP contribution is 2.34. The van der Waals surface area contributed by atoms with Crippen LogP contribution in [0, 0.1) is 5.41 Å². The van der Waals surface area contributed by atoms with Crippen molar-refractivity contribution in [3.8, 4) is 5.75 Å². The lowest BCUT2D eigenvalue weighted by molar-refractivity contribution is 0.146. The van der Waals surface area contributed by atoms with E-state index < -0.39 is 21.3 Å². The van der Waals surface area contributed by atoms with Crippen molar-refractivity contribution in [1.82, 2.24) is 4.72 Å². The first-order chi connectivity index (χ1) is 13.8. The van der Waals surface area contributed by atoms with E-state index >= 15 is 0 Å². The summed E-state index contributed by atoms with van der Waals surface area (Å²) < 4.78 is 35.6. The molecular formula is C24H27NO3S. The Kier molecular flexibility index (Phi) is 5.36. The second-order valence-corrected chi connectivity index (χ2v) is 10.2. The van der Waals surface area contributed by atoms with Crippen molar-refractivity contribution in [1.29, 1.82) is 0 Å². The number of fused-ring (bicyclic) bond motifs is 1. The van der Waals surface area contributed by atoms with Gasteiger partial charge in [-0.2, -0.15) is 0 Å². The van der Waals surface area contributed by atoms with Gasteiger partial charge in [-0.3, -0.25) is 0 Å². The number of sulfonamides is 1. The van der Waals surface area contributed by atoms with Gasteiger partial charge in [0.15, 0.2) is 0 Å². The Labute approximate surface area is 173 Å². The van der Waals surface area contributed by atoms with E-state index in [9.17, 15) is 8.42 Å². The van der Waals surface area contributed by atoms with Crippen LogP contribution in [0.2, 0.25) is 0 Å². The molecule has 0 spiro atoms. The second kappa shape index (κ2) is 7.81. The second-order valence-electron chi connectivity index (χ2n) is 8.35. The first-order valence-electron chi connectivity index (χ1n) is 10.0. The molecule has 2 aliphatic rings. The SMILES string of the molecule is CC1(C)C=CC(S(=O)(=O)N[C@@H]2c3ccccc3CC[C@@H]2Oc2ccccc2)C=C1.